The van der Waals surface area contributed by atoms with Gasteiger partial charge in [0.15, 0.2) is 6.61 Å². The predicted octanol–water partition coefficient (Wildman–Crippen LogP) is 5.01. The molecular weight excluding hydrogens is 560 g/mol. The van der Waals surface area contributed by atoms with E-state index in [4.69, 9.17) is 16.3 Å². The highest BCUT2D eigenvalue weighted by Gasteiger charge is 2.13. The van der Waals surface area contributed by atoms with Crippen LogP contribution >= 0.6 is 27.5 Å². The Bertz CT molecular complexity index is 1300. The number of halogens is 2. The summed E-state index contributed by atoms with van der Waals surface area (Å²) in [5, 5.41) is 9.50. The van der Waals surface area contributed by atoms with E-state index in [-0.39, 0.29) is 13.2 Å². The molecule has 0 spiro atoms. The molecule has 0 aliphatic carbocycles. The first-order valence-corrected chi connectivity index (χ1v) is 12.6. The van der Waals surface area contributed by atoms with Crippen LogP contribution < -0.4 is 20.8 Å². The van der Waals surface area contributed by atoms with E-state index >= 15 is 0 Å². The first kappa shape index (κ1) is 27.9. The molecule has 0 aliphatic rings. The van der Waals surface area contributed by atoms with E-state index < -0.39 is 17.7 Å². The number of carbonyl (C=O) groups is 3. The van der Waals surface area contributed by atoms with Crippen molar-refractivity contribution in [3.05, 3.63) is 92.9 Å². The molecule has 0 bridgehead atoms. The molecule has 37 heavy (non-hydrogen) atoms. The molecule has 10 heteroatoms. The molecule has 0 unspecified atom stereocenters. The highest BCUT2D eigenvalue weighted by molar-refractivity contribution is 9.10. The van der Waals surface area contributed by atoms with Crippen molar-refractivity contribution in [2.24, 2.45) is 5.10 Å². The minimum Gasteiger partial charge on any atom is -0.483 e. The van der Waals surface area contributed by atoms with Gasteiger partial charge in [0.1, 0.15) is 5.75 Å². The number of ether oxygens (including phenoxy) is 1. The van der Waals surface area contributed by atoms with Gasteiger partial charge in [0, 0.05) is 16.6 Å². The number of para-hydroxylation sites is 1. The standard InChI is InChI=1S/C27H26BrClN4O4/c1-17(2)19-9-7-18(8-10-19)14-30-26(35)27(36)33-31-15-20-13-21(28)11-12-24(20)37-16-25(34)32-23-6-4-3-5-22(23)29/h3-13,15,17H,14,16H2,1-2H3,(H,30,35)(H,32,34)(H,33,36)/b31-15-. The van der Waals surface area contributed by atoms with Gasteiger partial charge in [0.05, 0.1) is 16.9 Å². The number of amides is 3. The topological polar surface area (TPSA) is 109 Å². The fourth-order valence-corrected chi connectivity index (χ4v) is 3.70. The summed E-state index contributed by atoms with van der Waals surface area (Å²) in [5.74, 6) is -1.36. The highest BCUT2D eigenvalue weighted by atomic mass is 79.9. The number of rotatable bonds is 9. The quantitative estimate of drug-likeness (QED) is 0.186. The number of carbonyl (C=O) groups excluding carboxylic acids is 3. The van der Waals surface area contributed by atoms with E-state index in [2.05, 4.69) is 50.9 Å². The van der Waals surface area contributed by atoms with Crippen LogP contribution in [0, 0.1) is 0 Å². The Hall–Kier alpha value is -3.69. The Labute approximate surface area is 228 Å². The lowest BCUT2D eigenvalue weighted by Crippen LogP contribution is -2.37. The van der Waals surface area contributed by atoms with Crippen LogP contribution in [0.3, 0.4) is 0 Å². The van der Waals surface area contributed by atoms with Gasteiger partial charge < -0.3 is 15.4 Å². The fourth-order valence-electron chi connectivity index (χ4n) is 3.14. The minimum atomic E-state index is -0.911. The third kappa shape index (κ3) is 8.73. The zero-order valence-electron chi connectivity index (χ0n) is 20.3. The lowest BCUT2D eigenvalue weighted by Gasteiger charge is -2.11. The van der Waals surface area contributed by atoms with Gasteiger partial charge in [0.2, 0.25) is 0 Å². The summed E-state index contributed by atoms with van der Waals surface area (Å²) >= 11 is 9.42. The summed E-state index contributed by atoms with van der Waals surface area (Å²) in [6.45, 7) is 4.14. The number of hydrogen-bond donors (Lipinski definition) is 3. The van der Waals surface area contributed by atoms with Crippen LogP contribution in [0.25, 0.3) is 0 Å². The van der Waals surface area contributed by atoms with Crippen molar-refractivity contribution in [1.82, 2.24) is 10.7 Å². The van der Waals surface area contributed by atoms with Gasteiger partial charge in [-0.25, -0.2) is 5.43 Å². The summed E-state index contributed by atoms with van der Waals surface area (Å²) < 4.78 is 6.35. The monoisotopic (exact) mass is 584 g/mol. The summed E-state index contributed by atoms with van der Waals surface area (Å²) in [6.07, 6.45) is 1.32. The van der Waals surface area contributed by atoms with Crippen molar-refractivity contribution in [3.63, 3.8) is 0 Å². The van der Waals surface area contributed by atoms with Gasteiger partial charge >= 0.3 is 11.8 Å². The van der Waals surface area contributed by atoms with Crippen LogP contribution in [0.15, 0.2) is 76.3 Å². The lowest BCUT2D eigenvalue weighted by molar-refractivity contribution is -0.139. The normalized spacial score (nSPS) is 10.8. The van der Waals surface area contributed by atoms with Crippen molar-refractivity contribution >= 4 is 57.2 Å². The molecule has 0 saturated heterocycles. The number of hydrogen-bond acceptors (Lipinski definition) is 5. The Morgan fingerprint density at radius 1 is 1.03 bits per heavy atom. The Balaban J connectivity index is 1.52. The molecule has 0 heterocycles. The van der Waals surface area contributed by atoms with Crippen LogP contribution in [-0.2, 0) is 20.9 Å². The molecule has 0 radical (unpaired) electrons. The van der Waals surface area contributed by atoms with E-state index in [0.29, 0.717) is 27.9 Å². The first-order chi connectivity index (χ1) is 17.7. The number of benzene rings is 3. The molecule has 0 aromatic heterocycles. The van der Waals surface area contributed by atoms with Crippen LogP contribution in [0.2, 0.25) is 5.02 Å². The van der Waals surface area contributed by atoms with Gasteiger partial charge in [-0.1, -0.05) is 77.8 Å². The second kappa shape index (κ2) is 13.6. The van der Waals surface area contributed by atoms with E-state index in [1.807, 2.05) is 24.3 Å². The molecular formula is C27H26BrClN4O4. The average Bonchev–Trinajstić information content (AvgIpc) is 2.88. The Kier molecular flexibility index (Phi) is 10.2. The molecule has 0 aliphatic heterocycles. The summed E-state index contributed by atoms with van der Waals surface area (Å²) in [4.78, 5) is 36.5. The third-order valence-electron chi connectivity index (χ3n) is 5.15. The lowest BCUT2D eigenvalue weighted by atomic mass is 10.0. The maximum absolute atomic E-state index is 12.3. The van der Waals surface area contributed by atoms with Crippen LogP contribution in [0.1, 0.15) is 36.5 Å². The second-order valence-electron chi connectivity index (χ2n) is 8.28. The van der Waals surface area contributed by atoms with Gasteiger partial charge in [-0.3, -0.25) is 14.4 Å². The van der Waals surface area contributed by atoms with Crippen molar-refractivity contribution < 1.29 is 19.1 Å². The van der Waals surface area contributed by atoms with Crippen molar-refractivity contribution in [3.8, 4) is 5.75 Å². The zero-order valence-corrected chi connectivity index (χ0v) is 22.6. The molecule has 3 rings (SSSR count). The minimum absolute atomic E-state index is 0.216. The Morgan fingerprint density at radius 3 is 2.46 bits per heavy atom. The fraction of sp³-hybridized carbons (Fsp3) is 0.185. The highest BCUT2D eigenvalue weighted by Crippen LogP contribution is 2.23. The van der Waals surface area contributed by atoms with Gasteiger partial charge in [0.25, 0.3) is 5.91 Å². The SMILES string of the molecule is CC(C)c1ccc(CNC(=O)C(=O)N/N=C\c2cc(Br)ccc2OCC(=O)Nc2ccccc2Cl)cc1. The molecule has 0 atom stereocenters. The van der Waals surface area contributed by atoms with Gasteiger partial charge in [-0.15, -0.1) is 0 Å². The van der Waals surface area contributed by atoms with Gasteiger partial charge in [-0.05, 0) is 47.4 Å². The average molecular weight is 586 g/mol. The molecule has 8 nitrogen and oxygen atoms in total. The zero-order chi connectivity index (χ0) is 26.8. The first-order valence-electron chi connectivity index (χ1n) is 11.4. The maximum atomic E-state index is 12.3. The number of hydrazone groups is 1. The second-order valence-corrected chi connectivity index (χ2v) is 9.60. The van der Waals surface area contributed by atoms with Crippen LogP contribution in [-0.4, -0.2) is 30.5 Å². The number of nitrogens with one attached hydrogen (secondary N) is 3. The maximum Gasteiger partial charge on any atom is 0.329 e. The van der Waals surface area contributed by atoms with E-state index in [0.717, 1.165) is 10.0 Å². The van der Waals surface area contributed by atoms with Crippen molar-refractivity contribution in [1.29, 1.82) is 0 Å². The molecule has 0 fully saturated rings. The summed E-state index contributed by atoms with van der Waals surface area (Å²) in [6, 6.07) is 19.7. The molecule has 0 saturated carbocycles. The largest absolute Gasteiger partial charge is 0.483 e. The molecule has 3 aromatic rings. The Morgan fingerprint density at radius 2 is 1.76 bits per heavy atom. The molecule has 3 N–H and O–H groups in total. The van der Waals surface area contributed by atoms with Crippen molar-refractivity contribution in [2.45, 2.75) is 26.3 Å². The smallest absolute Gasteiger partial charge is 0.329 e. The van der Waals surface area contributed by atoms with Crippen LogP contribution in [0.4, 0.5) is 5.69 Å². The summed E-state index contributed by atoms with van der Waals surface area (Å²) in [7, 11) is 0. The van der Waals surface area contributed by atoms with Crippen molar-refractivity contribution in [2.75, 3.05) is 11.9 Å². The van der Waals surface area contributed by atoms with E-state index in [1.54, 1.807) is 42.5 Å². The van der Waals surface area contributed by atoms with E-state index in [1.165, 1.54) is 11.8 Å². The van der Waals surface area contributed by atoms with E-state index in [9.17, 15) is 14.4 Å². The van der Waals surface area contributed by atoms with Crippen LogP contribution in [0.5, 0.6) is 5.75 Å². The number of anilines is 1. The number of nitrogens with zero attached hydrogens (tertiary/aromatic N) is 1. The predicted molar refractivity (Wildman–Crippen MR) is 148 cm³/mol. The molecule has 3 aromatic carbocycles. The van der Waals surface area contributed by atoms with Gasteiger partial charge in [-0.2, -0.15) is 5.10 Å². The molecule has 192 valence electrons. The molecule has 3 amide bonds. The third-order valence-corrected chi connectivity index (χ3v) is 5.98. The summed E-state index contributed by atoms with van der Waals surface area (Å²) in [5.41, 5.74) is 5.22.